The lowest BCUT2D eigenvalue weighted by Gasteiger charge is -2.27. The Morgan fingerprint density at radius 1 is 1.30 bits per heavy atom. The van der Waals surface area contributed by atoms with Crippen LogP contribution in [0.4, 0.5) is 0 Å². The van der Waals surface area contributed by atoms with E-state index in [-0.39, 0.29) is 11.8 Å². The molecule has 6 heteroatoms. The monoisotopic (exact) mass is 368 g/mol. The van der Waals surface area contributed by atoms with E-state index in [4.69, 9.17) is 0 Å². The highest BCUT2D eigenvalue weighted by Gasteiger charge is 2.27. The lowest BCUT2D eigenvalue weighted by molar-refractivity contribution is -0.131. The summed E-state index contributed by atoms with van der Waals surface area (Å²) in [6, 6.07) is 8.03. The molecule has 0 saturated heterocycles. The van der Waals surface area contributed by atoms with Crippen molar-refractivity contribution in [3.05, 3.63) is 52.3 Å². The lowest BCUT2D eigenvalue weighted by atomic mass is 10.0. The van der Waals surface area contributed by atoms with Gasteiger partial charge in [-0.3, -0.25) is 14.7 Å². The topological polar surface area (TPSA) is 78.1 Å². The number of aromatic nitrogens is 2. The minimum absolute atomic E-state index is 0.0802. The molecule has 6 nitrogen and oxygen atoms in total. The van der Waals surface area contributed by atoms with Gasteiger partial charge in [0.15, 0.2) is 5.69 Å². The second-order valence-corrected chi connectivity index (χ2v) is 7.48. The Balaban J connectivity index is 1.66. The average Bonchev–Trinajstić information content (AvgIpc) is 3.10. The zero-order valence-electron chi connectivity index (χ0n) is 16.3. The fourth-order valence-corrected chi connectivity index (χ4v) is 3.18. The molecular weight excluding hydrogens is 340 g/mol. The number of hydrogen-bond donors (Lipinski definition) is 2. The smallest absolute Gasteiger partial charge is 0.272 e. The number of aryl methyl sites for hydroxylation is 1. The number of carbonyl (C=O) groups is 2. The Morgan fingerprint density at radius 3 is 2.74 bits per heavy atom. The summed E-state index contributed by atoms with van der Waals surface area (Å²) in [6.07, 6.45) is 2.09. The molecule has 1 aromatic heterocycles. The maximum Gasteiger partial charge on any atom is 0.272 e. The van der Waals surface area contributed by atoms with Crippen LogP contribution in [0.3, 0.4) is 0 Å². The molecule has 144 valence electrons. The van der Waals surface area contributed by atoms with Crippen LogP contribution in [0, 0.1) is 12.8 Å². The molecule has 2 heterocycles. The highest BCUT2D eigenvalue weighted by atomic mass is 16.2. The molecule has 3 rings (SSSR count). The van der Waals surface area contributed by atoms with Gasteiger partial charge in [0.2, 0.25) is 5.91 Å². The van der Waals surface area contributed by atoms with Crippen LogP contribution in [0.25, 0.3) is 0 Å². The van der Waals surface area contributed by atoms with Crippen LogP contribution in [-0.2, 0) is 24.2 Å². The molecule has 0 aliphatic carbocycles. The number of nitrogens with one attached hydrogen (secondary N) is 2. The summed E-state index contributed by atoms with van der Waals surface area (Å²) in [5.74, 6) is 0.341. The van der Waals surface area contributed by atoms with E-state index in [2.05, 4.69) is 29.4 Å². The van der Waals surface area contributed by atoms with E-state index in [9.17, 15) is 9.59 Å². The third kappa shape index (κ3) is 4.56. The van der Waals surface area contributed by atoms with Crippen molar-refractivity contribution in [2.24, 2.45) is 5.92 Å². The molecule has 1 aliphatic rings. The molecule has 0 fully saturated rings. The summed E-state index contributed by atoms with van der Waals surface area (Å²) in [5, 5.41) is 10.1. The van der Waals surface area contributed by atoms with Gasteiger partial charge in [-0.05, 0) is 18.4 Å². The van der Waals surface area contributed by atoms with Crippen LogP contribution in [0.15, 0.2) is 24.3 Å². The largest absolute Gasteiger partial charge is 0.350 e. The van der Waals surface area contributed by atoms with Crippen molar-refractivity contribution >= 4 is 11.8 Å². The van der Waals surface area contributed by atoms with Crippen molar-refractivity contribution in [1.29, 1.82) is 0 Å². The number of rotatable bonds is 6. The van der Waals surface area contributed by atoms with Crippen LogP contribution >= 0.6 is 0 Å². The molecule has 2 aromatic rings. The van der Waals surface area contributed by atoms with Crippen LogP contribution < -0.4 is 5.32 Å². The third-order valence-corrected chi connectivity index (χ3v) is 5.29. The first-order valence-corrected chi connectivity index (χ1v) is 9.65. The average molecular weight is 368 g/mol. The van der Waals surface area contributed by atoms with Crippen molar-refractivity contribution in [3.63, 3.8) is 0 Å². The van der Waals surface area contributed by atoms with Crippen LogP contribution in [0.1, 0.15) is 53.1 Å². The Morgan fingerprint density at radius 2 is 2.04 bits per heavy atom. The predicted molar refractivity (Wildman–Crippen MR) is 104 cm³/mol. The first-order valence-electron chi connectivity index (χ1n) is 9.65. The number of carbonyl (C=O) groups excluding carboxylic acids is 2. The van der Waals surface area contributed by atoms with Gasteiger partial charge in [-0.15, -0.1) is 0 Å². The van der Waals surface area contributed by atoms with E-state index in [0.717, 1.165) is 23.2 Å². The molecule has 0 unspecified atom stereocenters. The molecule has 0 bridgehead atoms. The highest BCUT2D eigenvalue weighted by Crippen LogP contribution is 2.21. The van der Waals surface area contributed by atoms with Crippen molar-refractivity contribution in [2.75, 3.05) is 13.1 Å². The molecular formula is C21H28N4O2. The Hall–Kier alpha value is -2.63. The molecule has 1 aromatic carbocycles. The van der Waals surface area contributed by atoms with E-state index >= 15 is 0 Å². The van der Waals surface area contributed by atoms with Gasteiger partial charge in [-0.2, -0.15) is 5.10 Å². The second kappa shape index (κ2) is 8.37. The summed E-state index contributed by atoms with van der Waals surface area (Å²) < 4.78 is 0. The Kier molecular flexibility index (Phi) is 5.94. The van der Waals surface area contributed by atoms with Gasteiger partial charge < -0.3 is 10.2 Å². The lowest BCUT2D eigenvalue weighted by Crippen LogP contribution is -2.38. The molecule has 1 atom stereocenters. The second-order valence-electron chi connectivity index (χ2n) is 7.48. The fourth-order valence-electron chi connectivity index (χ4n) is 3.18. The molecule has 2 N–H and O–H groups in total. The van der Waals surface area contributed by atoms with Gasteiger partial charge in [-0.1, -0.05) is 50.1 Å². The summed E-state index contributed by atoms with van der Waals surface area (Å²) in [7, 11) is 0. The minimum atomic E-state index is -0.166. The van der Waals surface area contributed by atoms with Gasteiger partial charge in [0, 0.05) is 37.3 Å². The number of aromatic amines is 1. The van der Waals surface area contributed by atoms with Crippen molar-refractivity contribution in [2.45, 2.75) is 46.6 Å². The molecule has 0 spiro atoms. The van der Waals surface area contributed by atoms with E-state index < -0.39 is 0 Å². The van der Waals surface area contributed by atoms with E-state index in [1.54, 1.807) is 0 Å². The number of H-pyrrole nitrogens is 1. The van der Waals surface area contributed by atoms with Gasteiger partial charge in [0.25, 0.3) is 5.91 Å². The van der Waals surface area contributed by atoms with Crippen LogP contribution in [0.5, 0.6) is 0 Å². The zero-order chi connectivity index (χ0) is 19.4. The molecule has 27 heavy (non-hydrogen) atoms. The van der Waals surface area contributed by atoms with E-state index in [1.165, 1.54) is 5.56 Å². The summed E-state index contributed by atoms with van der Waals surface area (Å²) in [6.45, 7) is 7.95. The van der Waals surface area contributed by atoms with Gasteiger partial charge >= 0.3 is 0 Å². The standard InChI is InChI=1S/C21H28N4O2/c1-4-14(2)12-22-21(27)20-17-13-25(10-9-18(17)23-24-20)19(26)11-16-7-5-15(3)6-8-16/h5-8,14H,4,9-13H2,1-3H3,(H,22,27)(H,23,24)/t14-/m0/s1. The Labute approximate surface area is 160 Å². The number of amides is 2. The summed E-state index contributed by atoms with van der Waals surface area (Å²) in [4.78, 5) is 27.0. The normalized spacial score (nSPS) is 14.6. The zero-order valence-corrected chi connectivity index (χ0v) is 16.3. The van der Waals surface area contributed by atoms with Gasteiger partial charge in [0.05, 0.1) is 6.42 Å². The Bertz CT molecular complexity index is 810. The van der Waals surface area contributed by atoms with Crippen molar-refractivity contribution in [3.8, 4) is 0 Å². The summed E-state index contributed by atoms with van der Waals surface area (Å²) in [5.41, 5.74) is 4.42. The van der Waals surface area contributed by atoms with Gasteiger partial charge in [0.1, 0.15) is 0 Å². The first-order chi connectivity index (χ1) is 13.0. The predicted octanol–water partition coefficient (Wildman–Crippen LogP) is 2.62. The van der Waals surface area contributed by atoms with Crippen LogP contribution in [-0.4, -0.2) is 40.0 Å². The molecule has 1 aliphatic heterocycles. The quantitative estimate of drug-likeness (QED) is 0.823. The van der Waals surface area contributed by atoms with E-state index in [0.29, 0.717) is 44.1 Å². The molecule has 0 saturated carbocycles. The number of benzene rings is 1. The third-order valence-electron chi connectivity index (χ3n) is 5.29. The summed E-state index contributed by atoms with van der Waals surface area (Å²) >= 11 is 0. The van der Waals surface area contributed by atoms with Crippen molar-refractivity contribution < 1.29 is 9.59 Å². The maximum absolute atomic E-state index is 12.7. The number of nitrogens with zero attached hydrogens (tertiary/aromatic N) is 2. The van der Waals surface area contributed by atoms with Gasteiger partial charge in [-0.25, -0.2) is 0 Å². The fraction of sp³-hybridized carbons (Fsp3) is 0.476. The maximum atomic E-state index is 12.7. The molecule has 2 amide bonds. The minimum Gasteiger partial charge on any atom is -0.350 e. The SMILES string of the molecule is CC[C@H](C)CNC(=O)c1n[nH]c2c1CN(C(=O)Cc1ccc(C)cc1)CC2. The highest BCUT2D eigenvalue weighted by molar-refractivity contribution is 5.94. The van der Waals surface area contributed by atoms with Crippen LogP contribution in [0.2, 0.25) is 0 Å². The van der Waals surface area contributed by atoms with E-state index in [1.807, 2.05) is 36.1 Å². The number of fused-ring (bicyclic) bond motifs is 1. The van der Waals surface area contributed by atoms with Crippen molar-refractivity contribution in [1.82, 2.24) is 20.4 Å². The first kappa shape index (κ1) is 19.1. The number of hydrogen-bond acceptors (Lipinski definition) is 3. The molecule has 0 radical (unpaired) electrons.